The van der Waals surface area contributed by atoms with E-state index in [1.807, 2.05) is 6.07 Å². The number of carbonyl (C=O) groups is 1. The maximum Gasteiger partial charge on any atom is 0.308 e. The fourth-order valence-electron chi connectivity index (χ4n) is 4.18. The number of benzene rings is 1. The molecule has 0 saturated heterocycles. The molecule has 0 heterocycles. The van der Waals surface area contributed by atoms with Gasteiger partial charge in [0.1, 0.15) is 5.75 Å². The average molecular weight is 286 g/mol. The average Bonchev–Trinajstić information content (AvgIpc) is 2.99. The zero-order valence-electron chi connectivity index (χ0n) is 13.6. The summed E-state index contributed by atoms with van der Waals surface area (Å²) < 4.78 is 5.49. The van der Waals surface area contributed by atoms with E-state index in [0.29, 0.717) is 5.92 Å². The minimum atomic E-state index is -0.220. The normalized spacial score (nSPS) is 27.9. The molecule has 0 aromatic heterocycles. The van der Waals surface area contributed by atoms with E-state index in [1.165, 1.54) is 43.7 Å². The predicted molar refractivity (Wildman–Crippen MR) is 84.6 cm³/mol. The lowest BCUT2D eigenvalue weighted by atomic mass is 9.79. The van der Waals surface area contributed by atoms with Crippen LogP contribution in [-0.2, 0) is 10.2 Å². The van der Waals surface area contributed by atoms with Gasteiger partial charge >= 0.3 is 5.97 Å². The lowest BCUT2D eigenvalue weighted by Crippen LogP contribution is -2.16. The molecular formula is C19H26O2. The third-order valence-corrected chi connectivity index (χ3v) is 5.27. The fourth-order valence-corrected chi connectivity index (χ4v) is 4.18. The van der Waals surface area contributed by atoms with E-state index in [9.17, 15) is 4.79 Å². The van der Waals surface area contributed by atoms with Crippen LogP contribution in [0.2, 0.25) is 0 Å². The standard InChI is InChI=1S/C19H26O2/c1-12(20)21-18-8-7-15(19(2,3)4)11-17(18)16-10-13-5-6-14(16)9-13/h7-8,11,13-14,16H,5-6,9-10H2,1-4H3. The van der Waals surface area contributed by atoms with E-state index in [4.69, 9.17) is 4.74 Å². The first-order valence-corrected chi connectivity index (χ1v) is 8.17. The van der Waals surface area contributed by atoms with Crippen molar-refractivity contribution in [3.63, 3.8) is 0 Å². The number of rotatable bonds is 2. The van der Waals surface area contributed by atoms with Crippen LogP contribution in [0.1, 0.15) is 70.4 Å². The number of carbonyl (C=O) groups excluding carboxylic acids is 1. The summed E-state index contributed by atoms with van der Waals surface area (Å²) in [6.07, 6.45) is 5.37. The molecule has 3 unspecified atom stereocenters. The molecular weight excluding hydrogens is 260 g/mol. The lowest BCUT2D eigenvalue weighted by molar-refractivity contribution is -0.131. The van der Waals surface area contributed by atoms with E-state index in [1.54, 1.807) is 0 Å². The van der Waals surface area contributed by atoms with Gasteiger partial charge < -0.3 is 4.74 Å². The first-order valence-electron chi connectivity index (χ1n) is 8.17. The van der Waals surface area contributed by atoms with Gasteiger partial charge in [-0.15, -0.1) is 0 Å². The van der Waals surface area contributed by atoms with Gasteiger partial charge in [0.15, 0.2) is 0 Å². The maximum atomic E-state index is 11.4. The van der Waals surface area contributed by atoms with E-state index < -0.39 is 0 Å². The highest BCUT2D eigenvalue weighted by atomic mass is 16.5. The molecule has 2 saturated carbocycles. The molecule has 3 atom stereocenters. The van der Waals surface area contributed by atoms with Crippen LogP contribution in [0, 0.1) is 11.8 Å². The van der Waals surface area contributed by atoms with Gasteiger partial charge in [-0.25, -0.2) is 0 Å². The van der Waals surface area contributed by atoms with Crippen LogP contribution in [-0.4, -0.2) is 5.97 Å². The summed E-state index contributed by atoms with van der Waals surface area (Å²) in [5.74, 6) is 2.83. The van der Waals surface area contributed by atoms with E-state index >= 15 is 0 Å². The molecule has 2 fully saturated rings. The highest BCUT2D eigenvalue weighted by Crippen LogP contribution is 2.54. The summed E-state index contributed by atoms with van der Waals surface area (Å²) >= 11 is 0. The van der Waals surface area contributed by atoms with Gasteiger partial charge in [0.2, 0.25) is 0 Å². The Kier molecular flexibility index (Phi) is 3.59. The second kappa shape index (κ2) is 5.15. The minimum Gasteiger partial charge on any atom is -0.426 e. The molecule has 2 aliphatic rings. The van der Waals surface area contributed by atoms with Crippen molar-refractivity contribution in [2.24, 2.45) is 11.8 Å². The summed E-state index contributed by atoms with van der Waals surface area (Å²) in [5.41, 5.74) is 2.72. The topological polar surface area (TPSA) is 26.3 Å². The van der Waals surface area contributed by atoms with Crippen LogP contribution in [0.15, 0.2) is 18.2 Å². The Hall–Kier alpha value is -1.31. The largest absolute Gasteiger partial charge is 0.426 e. The van der Waals surface area contributed by atoms with Gasteiger partial charge in [0.25, 0.3) is 0 Å². The number of ether oxygens (including phenoxy) is 1. The van der Waals surface area contributed by atoms with Crippen LogP contribution in [0.25, 0.3) is 0 Å². The van der Waals surface area contributed by atoms with Crippen molar-refractivity contribution < 1.29 is 9.53 Å². The van der Waals surface area contributed by atoms with Gasteiger partial charge in [0, 0.05) is 6.92 Å². The molecule has 0 radical (unpaired) electrons. The Balaban J connectivity index is 1.99. The smallest absolute Gasteiger partial charge is 0.308 e. The van der Waals surface area contributed by atoms with E-state index in [0.717, 1.165) is 17.6 Å². The van der Waals surface area contributed by atoms with Crippen molar-refractivity contribution >= 4 is 5.97 Å². The molecule has 2 bridgehead atoms. The molecule has 2 nitrogen and oxygen atoms in total. The maximum absolute atomic E-state index is 11.4. The van der Waals surface area contributed by atoms with Crippen molar-refractivity contribution in [3.05, 3.63) is 29.3 Å². The quantitative estimate of drug-likeness (QED) is 0.576. The molecule has 1 aromatic carbocycles. The van der Waals surface area contributed by atoms with Crippen molar-refractivity contribution in [3.8, 4) is 5.75 Å². The first kappa shape index (κ1) is 14.6. The van der Waals surface area contributed by atoms with Gasteiger partial charge in [-0.05, 0) is 59.6 Å². The second-order valence-electron chi connectivity index (χ2n) is 7.88. The van der Waals surface area contributed by atoms with Gasteiger partial charge in [-0.1, -0.05) is 39.3 Å². The molecule has 21 heavy (non-hydrogen) atoms. The Labute approximate surface area is 127 Å². The second-order valence-corrected chi connectivity index (χ2v) is 7.88. The predicted octanol–water partition coefficient (Wildman–Crippen LogP) is 4.81. The molecule has 114 valence electrons. The van der Waals surface area contributed by atoms with Crippen LogP contribution in [0.4, 0.5) is 0 Å². The number of fused-ring (bicyclic) bond motifs is 2. The summed E-state index contributed by atoms with van der Waals surface area (Å²) in [6, 6.07) is 6.40. The van der Waals surface area contributed by atoms with Crippen LogP contribution in [0.3, 0.4) is 0 Å². The zero-order chi connectivity index (χ0) is 15.2. The molecule has 1 aromatic rings. The van der Waals surface area contributed by atoms with Crippen molar-refractivity contribution in [1.82, 2.24) is 0 Å². The molecule has 0 amide bonds. The van der Waals surface area contributed by atoms with Crippen molar-refractivity contribution in [1.29, 1.82) is 0 Å². The molecule has 0 N–H and O–H groups in total. The third kappa shape index (κ3) is 2.86. The van der Waals surface area contributed by atoms with E-state index in [-0.39, 0.29) is 11.4 Å². The summed E-state index contributed by atoms with van der Waals surface area (Å²) in [5, 5.41) is 0. The first-order chi connectivity index (χ1) is 9.84. The Morgan fingerprint density at radius 1 is 1.19 bits per heavy atom. The third-order valence-electron chi connectivity index (χ3n) is 5.27. The highest BCUT2D eigenvalue weighted by Gasteiger charge is 2.41. The van der Waals surface area contributed by atoms with Gasteiger partial charge in [-0.3, -0.25) is 4.79 Å². The lowest BCUT2D eigenvalue weighted by Gasteiger charge is -2.27. The van der Waals surface area contributed by atoms with Crippen molar-refractivity contribution in [2.45, 2.75) is 64.7 Å². The Bertz CT molecular complexity index is 553. The molecule has 2 aliphatic carbocycles. The number of esters is 1. The fraction of sp³-hybridized carbons (Fsp3) is 0.632. The highest BCUT2D eigenvalue weighted by molar-refractivity contribution is 5.70. The van der Waals surface area contributed by atoms with Gasteiger partial charge in [-0.2, -0.15) is 0 Å². The number of hydrogen-bond acceptors (Lipinski definition) is 2. The Morgan fingerprint density at radius 2 is 1.95 bits per heavy atom. The SMILES string of the molecule is CC(=O)Oc1ccc(C(C)(C)C)cc1C1CC2CCC1C2. The van der Waals surface area contributed by atoms with Crippen molar-refractivity contribution in [2.75, 3.05) is 0 Å². The zero-order valence-corrected chi connectivity index (χ0v) is 13.6. The van der Waals surface area contributed by atoms with Crippen LogP contribution >= 0.6 is 0 Å². The minimum absolute atomic E-state index is 0.126. The molecule has 3 rings (SSSR count). The van der Waals surface area contributed by atoms with Crippen LogP contribution < -0.4 is 4.74 Å². The monoisotopic (exact) mass is 286 g/mol. The van der Waals surface area contributed by atoms with Gasteiger partial charge in [0.05, 0.1) is 0 Å². The number of hydrogen-bond donors (Lipinski definition) is 0. The molecule has 0 aliphatic heterocycles. The van der Waals surface area contributed by atoms with Crippen LogP contribution in [0.5, 0.6) is 5.75 Å². The Morgan fingerprint density at radius 3 is 2.48 bits per heavy atom. The molecule has 2 heteroatoms. The summed E-state index contributed by atoms with van der Waals surface area (Å²) in [4.78, 5) is 11.4. The van der Waals surface area contributed by atoms with E-state index in [2.05, 4.69) is 32.9 Å². The summed E-state index contributed by atoms with van der Waals surface area (Å²) in [7, 11) is 0. The summed E-state index contributed by atoms with van der Waals surface area (Å²) in [6.45, 7) is 8.19. The molecule has 0 spiro atoms.